The van der Waals surface area contributed by atoms with Crippen molar-refractivity contribution < 1.29 is 8.78 Å². The molecule has 0 unspecified atom stereocenters. The van der Waals surface area contributed by atoms with Gasteiger partial charge in [-0.2, -0.15) is 0 Å². The molecule has 1 rings (SSSR count). The van der Waals surface area contributed by atoms with E-state index in [2.05, 4.69) is 20.9 Å². The molecule has 0 amide bonds. The topological polar surface area (TPSA) is 58.9 Å². The van der Waals surface area contributed by atoms with E-state index in [0.29, 0.717) is 0 Å². The van der Waals surface area contributed by atoms with Crippen molar-refractivity contribution in [3.63, 3.8) is 0 Å². The highest BCUT2D eigenvalue weighted by molar-refractivity contribution is 9.10. The van der Waals surface area contributed by atoms with Crippen LogP contribution in [0.15, 0.2) is 15.6 Å². The molecule has 12 heavy (non-hydrogen) atoms. The highest BCUT2D eigenvalue weighted by Gasteiger charge is 2.14. The average molecular weight is 239 g/mol. The molecular weight excluding hydrogens is 234 g/mol. The van der Waals surface area contributed by atoms with E-state index in [1.54, 1.807) is 0 Å². The van der Waals surface area contributed by atoms with Gasteiger partial charge in [-0.05, 0) is 15.9 Å². The van der Waals surface area contributed by atoms with Crippen LogP contribution in [-0.4, -0.2) is 4.98 Å². The molecule has 0 spiro atoms. The lowest BCUT2D eigenvalue weighted by molar-refractivity contribution is 0.150. The van der Waals surface area contributed by atoms with Gasteiger partial charge in [0.25, 0.3) is 6.43 Å². The largest absolute Gasteiger partial charge is 0.393 e. The van der Waals surface area contributed by atoms with Crippen LogP contribution in [0.3, 0.4) is 0 Å². The second kappa shape index (κ2) is 3.22. The first-order chi connectivity index (χ1) is 5.54. The van der Waals surface area contributed by atoms with E-state index in [1.165, 1.54) is 0 Å². The first-order valence-corrected chi connectivity index (χ1v) is 3.78. The number of hydrogen-bond donors (Lipinski definition) is 2. The van der Waals surface area contributed by atoms with Gasteiger partial charge in [0.15, 0.2) is 0 Å². The number of hydrogen-bond acceptors (Lipinski definition) is 2. The normalized spacial score (nSPS) is 10.7. The second-order valence-electron chi connectivity index (χ2n) is 2.10. The summed E-state index contributed by atoms with van der Waals surface area (Å²) in [7, 11) is 0. The van der Waals surface area contributed by atoms with Crippen molar-refractivity contribution in [1.82, 2.24) is 4.98 Å². The number of halogens is 3. The molecule has 66 valence electrons. The Labute approximate surface area is 74.7 Å². The smallest absolute Gasteiger partial charge is 0.269 e. The van der Waals surface area contributed by atoms with Crippen LogP contribution in [0.1, 0.15) is 12.0 Å². The quantitative estimate of drug-likeness (QED) is 0.732. The number of pyridine rings is 1. The van der Waals surface area contributed by atoms with E-state index in [0.717, 1.165) is 6.20 Å². The molecule has 6 heteroatoms. The molecule has 1 heterocycles. The molecule has 0 fully saturated rings. The Hall–Kier alpha value is -0.910. The van der Waals surface area contributed by atoms with Gasteiger partial charge < -0.3 is 10.7 Å². The Morgan fingerprint density at radius 2 is 2.17 bits per heavy atom. The van der Waals surface area contributed by atoms with Gasteiger partial charge in [-0.25, -0.2) is 8.78 Å². The Morgan fingerprint density at radius 1 is 1.58 bits per heavy atom. The number of alkyl halides is 2. The highest BCUT2D eigenvalue weighted by atomic mass is 79.9. The van der Waals surface area contributed by atoms with Crippen LogP contribution in [-0.2, 0) is 0 Å². The van der Waals surface area contributed by atoms with E-state index in [1.807, 2.05) is 0 Å². The van der Waals surface area contributed by atoms with Crippen LogP contribution in [0, 0.1) is 0 Å². The van der Waals surface area contributed by atoms with Crippen molar-refractivity contribution in [3.8, 4) is 0 Å². The molecule has 0 saturated heterocycles. The van der Waals surface area contributed by atoms with Gasteiger partial charge in [-0.1, -0.05) is 0 Å². The van der Waals surface area contributed by atoms with E-state index >= 15 is 0 Å². The van der Waals surface area contributed by atoms with Gasteiger partial charge in [0.05, 0.1) is 5.56 Å². The van der Waals surface area contributed by atoms with Gasteiger partial charge in [0.1, 0.15) is 10.3 Å². The van der Waals surface area contributed by atoms with Crippen molar-refractivity contribution in [2.45, 2.75) is 6.43 Å². The maximum atomic E-state index is 12.0. The zero-order valence-corrected chi connectivity index (χ0v) is 7.36. The van der Waals surface area contributed by atoms with Crippen molar-refractivity contribution in [3.05, 3.63) is 26.6 Å². The van der Waals surface area contributed by atoms with E-state index in [-0.39, 0.29) is 10.3 Å². The number of nitrogen functional groups attached to an aromatic ring is 1. The van der Waals surface area contributed by atoms with Crippen molar-refractivity contribution in [1.29, 1.82) is 0 Å². The summed E-state index contributed by atoms with van der Waals surface area (Å²) in [6, 6.07) is 0. The average Bonchev–Trinajstić information content (AvgIpc) is 2.00. The van der Waals surface area contributed by atoms with Gasteiger partial charge >= 0.3 is 0 Å². The molecule has 1 aromatic rings. The predicted molar refractivity (Wildman–Crippen MR) is 44.1 cm³/mol. The molecule has 0 aliphatic carbocycles. The van der Waals surface area contributed by atoms with Gasteiger partial charge in [-0.3, -0.25) is 4.79 Å². The summed E-state index contributed by atoms with van der Waals surface area (Å²) < 4.78 is 24.3. The van der Waals surface area contributed by atoms with Crippen LogP contribution in [0.5, 0.6) is 0 Å². The summed E-state index contributed by atoms with van der Waals surface area (Å²) in [6.07, 6.45) is -1.86. The first kappa shape index (κ1) is 9.18. The Balaban J connectivity index is 3.37. The molecule has 0 aliphatic rings. The molecule has 1 aromatic heterocycles. The monoisotopic (exact) mass is 238 g/mol. The fourth-order valence-electron chi connectivity index (χ4n) is 0.702. The Morgan fingerprint density at radius 3 is 2.67 bits per heavy atom. The van der Waals surface area contributed by atoms with Gasteiger partial charge in [0, 0.05) is 6.20 Å². The third-order valence-corrected chi connectivity index (χ3v) is 1.99. The summed E-state index contributed by atoms with van der Waals surface area (Å²) in [4.78, 5) is 13.4. The summed E-state index contributed by atoms with van der Waals surface area (Å²) in [6.45, 7) is 0. The van der Waals surface area contributed by atoms with Gasteiger partial charge in [0.2, 0.25) is 5.43 Å². The molecule has 0 saturated carbocycles. The summed E-state index contributed by atoms with van der Waals surface area (Å²) in [5.41, 5.74) is 3.52. The van der Waals surface area contributed by atoms with E-state index < -0.39 is 17.4 Å². The zero-order chi connectivity index (χ0) is 9.30. The number of aromatic nitrogens is 1. The SMILES string of the molecule is Nc1c(Br)[nH]cc(C(F)F)c1=O. The summed E-state index contributed by atoms with van der Waals surface area (Å²) in [5, 5.41) is 0. The molecule has 0 aromatic carbocycles. The first-order valence-electron chi connectivity index (χ1n) is 2.98. The van der Waals surface area contributed by atoms with Crippen molar-refractivity contribution in [2.24, 2.45) is 0 Å². The molecule has 3 nitrogen and oxygen atoms in total. The number of nitrogens with one attached hydrogen (secondary N) is 1. The molecular formula is C6H5BrF2N2O. The second-order valence-corrected chi connectivity index (χ2v) is 2.89. The molecule has 3 N–H and O–H groups in total. The van der Waals surface area contributed by atoms with Crippen LogP contribution in [0.2, 0.25) is 0 Å². The summed E-state index contributed by atoms with van der Waals surface area (Å²) >= 11 is 2.90. The van der Waals surface area contributed by atoms with E-state index in [4.69, 9.17) is 5.73 Å². The van der Waals surface area contributed by atoms with Crippen LogP contribution in [0.25, 0.3) is 0 Å². The lowest BCUT2D eigenvalue weighted by Crippen LogP contribution is -2.15. The fraction of sp³-hybridized carbons (Fsp3) is 0.167. The predicted octanol–water partition coefficient (Wildman–Crippen LogP) is 1.66. The zero-order valence-electron chi connectivity index (χ0n) is 5.77. The fourth-order valence-corrected chi connectivity index (χ4v) is 0.996. The third-order valence-electron chi connectivity index (χ3n) is 1.33. The van der Waals surface area contributed by atoms with Crippen molar-refractivity contribution in [2.75, 3.05) is 5.73 Å². The molecule has 0 radical (unpaired) electrons. The maximum Gasteiger partial charge on any atom is 0.269 e. The van der Waals surface area contributed by atoms with Crippen LogP contribution < -0.4 is 11.2 Å². The van der Waals surface area contributed by atoms with Crippen LogP contribution >= 0.6 is 15.9 Å². The van der Waals surface area contributed by atoms with Gasteiger partial charge in [-0.15, -0.1) is 0 Å². The number of anilines is 1. The Kier molecular flexibility index (Phi) is 2.46. The minimum absolute atomic E-state index is 0.219. The molecule has 0 aliphatic heterocycles. The standard InChI is InChI=1S/C6H5BrF2N2O/c7-5-3(10)4(12)2(1-11-5)6(8)9/h1,6H,10H2,(H,11,12). The highest BCUT2D eigenvalue weighted by Crippen LogP contribution is 2.18. The number of aromatic amines is 1. The maximum absolute atomic E-state index is 12.0. The minimum atomic E-state index is -2.80. The summed E-state index contributed by atoms with van der Waals surface area (Å²) in [5.74, 6) is 0. The Bertz CT molecular complexity index is 350. The minimum Gasteiger partial charge on any atom is -0.393 e. The number of H-pyrrole nitrogens is 1. The van der Waals surface area contributed by atoms with E-state index in [9.17, 15) is 13.6 Å². The molecule has 0 atom stereocenters. The van der Waals surface area contributed by atoms with Crippen molar-refractivity contribution >= 4 is 21.6 Å². The number of rotatable bonds is 1. The lowest BCUT2D eigenvalue weighted by atomic mass is 10.2. The number of nitrogens with two attached hydrogens (primary N) is 1. The molecule has 0 bridgehead atoms. The lowest BCUT2D eigenvalue weighted by Gasteiger charge is -2.01. The third kappa shape index (κ3) is 1.47. The van der Waals surface area contributed by atoms with Crippen LogP contribution in [0.4, 0.5) is 14.5 Å².